The van der Waals surface area contributed by atoms with Crippen LogP contribution in [0.3, 0.4) is 0 Å². The summed E-state index contributed by atoms with van der Waals surface area (Å²) in [5.74, 6) is 2.47. The van der Waals surface area contributed by atoms with Crippen LogP contribution in [-0.4, -0.2) is 12.0 Å². The molecule has 0 saturated carbocycles. The molecule has 3 aromatic rings. The highest BCUT2D eigenvalue weighted by Crippen LogP contribution is 2.53. The Labute approximate surface area is 193 Å². The third-order valence-corrected chi connectivity index (χ3v) is 6.71. The maximum atomic E-state index is 10.8. The Kier molecular flexibility index (Phi) is 5.50. The van der Waals surface area contributed by atoms with E-state index in [9.17, 15) is 10.1 Å². The second-order valence-electron chi connectivity index (χ2n) is 8.63. The summed E-state index contributed by atoms with van der Waals surface area (Å²) in [6.07, 6.45) is 5.67. The minimum atomic E-state index is -0.400. The maximum absolute atomic E-state index is 10.8. The minimum Gasteiger partial charge on any atom is -0.495 e. The lowest BCUT2D eigenvalue weighted by molar-refractivity contribution is -0.384. The van der Waals surface area contributed by atoms with Crippen LogP contribution >= 0.6 is 0 Å². The first-order valence-electron chi connectivity index (χ1n) is 11.1. The predicted molar refractivity (Wildman–Crippen MR) is 128 cm³/mol. The molecule has 0 saturated heterocycles. The molecule has 3 atom stereocenters. The number of nitro groups is 1. The number of ether oxygens (including phenoxy) is 2. The van der Waals surface area contributed by atoms with Gasteiger partial charge in [0.25, 0.3) is 5.69 Å². The van der Waals surface area contributed by atoms with Crippen molar-refractivity contribution in [2.75, 3.05) is 12.4 Å². The van der Waals surface area contributed by atoms with Gasteiger partial charge in [0, 0.05) is 18.1 Å². The van der Waals surface area contributed by atoms with Gasteiger partial charge in [-0.1, -0.05) is 30.4 Å². The number of rotatable bonds is 6. The van der Waals surface area contributed by atoms with Crippen LogP contribution in [0.1, 0.15) is 40.6 Å². The molecular weight excluding hydrogens is 416 g/mol. The van der Waals surface area contributed by atoms with E-state index in [1.807, 2.05) is 18.2 Å². The number of nitrogens with one attached hydrogen (secondary N) is 1. The Bertz CT molecular complexity index is 1200. The van der Waals surface area contributed by atoms with Crippen LogP contribution in [-0.2, 0) is 6.61 Å². The van der Waals surface area contributed by atoms with Gasteiger partial charge in [-0.25, -0.2) is 0 Å². The molecule has 0 spiro atoms. The number of nitro benzene ring substituents is 1. The maximum Gasteiger partial charge on any atom is 0.269 e. The van der Waals surface area contributed by atoms with E-state index in [4.69, 9.17) is 9.47 Å². The van der Waals surface area contributed by atoms with Crippen molar-refractivity contribution in [3.63, 3.8) is 0 Å². The fraction of sp³-hybridized carbons (Fsp3) is 0.259. The van der Waals surface area contributed by atoms with Gasteiger partial charge in [-0.2, -0.15) is 0 Å². The lowest BCUT2D eigenvalue weighted by Gasteiger charge is -2.39. The van der Waals surface area contributed by atoms with E-state index in [2.05, 4.69) is 42.6 Å². The summed E-state index contributed by atoms with van der Waals surface area (Å²) in [6.45, 7) is 2.53. The summed E-state index contributed by atoms with van der Waals surface area (Å²) >= 11 is 0. The van der Waals surface area contributed by atoms with E-state index in [1.165, 1.54) is 28.8 Å². The van der Waals surface area contributed by atoms with Crippen molar-refractivity contribution in [3.05, 3.63) is 105 Å². The molecule has 1 aliphatic carbocycles. The fourth-order valence-corrected chi connectivity index (χ4v) is 5.02. The molecule has 33 heavy (non-hydrogen) atoms. The predicted octanol–water partition coefficient (Wildman–Crippen LogP) is 6.32. The van der Waals surface area contributed by atoms with Gasteiger partial charge >= 0.3 is 0 Å². The van der Waals surface area contributed by atoms with E-state index in [0.29, 0.717) is 18.4 Å². The van der Waals surface area contributed by atoms with Crippen molar-refractivity contribution in [2.24, 2.45) is 5.92 Å². The van der Waals surface area contributed by atoms with Crippen molar-refractivity contribution in [1.82, 2.24) is 0 Å². The van der Waals surface area contributed by atoms with Gasteiger partial charge in [-0.05, 0) is 71.8 Å². The Morgan fingerprint density at radius 2 is 1.82 bits per heavy atom. The van der Waals surface area contributed by atoms with Crippen molar-refractivity contribution < 1.29 is 14.4 Å². The molecule has 6 nitrogen and oxygen atoms in total. The zero-order valence-corrected chi connectivity index (χ0v) is 18.7. The minimum absolute atomic E-state index is 0.0798. The van der Waals surface area contributed by atoms with Crippen molar-refractivity contribution in [3.8, 4) is 11.5 Å². The lowest BCUT2D eigenvalue weighted by atomic mass is 9.75. The molecule has 0 aromatic heterocycles. The smallest absolute Gasteiger partial charge is 0.269 e. The topological polar surface area (TPSA) is 73.6 Å². The Morgan fingerprint density at radius 3 is 2.52 bits per heavy atom. The van der Waals surface area contributed by atoms with Gasteiger partial charge in [0.2, 0.25) is 0 Å². The van der Waals surface area contributed by atoms with Crippen LogP contribution in [0.4, 0.5) is 11.4 Å². The number of non-ortho nitro benzene ring substituents is 1. The lowest BCUT2D eigenvalue weighted by Crippen LogP contribution is -2.30. The second kappa shape index (κ2) is 8.62. The van der Waals surface area contributed by atoms with Crippen LogP contribution < -0.4 is 14.8 Å². The second-order valence-corrected chi connectivity index (χ2v) is 8.63. The monoisotopic (exact) mass is 442 g/mol. The number of benzene rings is 3. The first-order chi connectivity index (χ1) is 16.0. The highest BCUT2D eigenvalue weighted by Gasteiger charge is 2.39. The van der Waals surface area contributed by atoms with Crippen molar-refractivity contribution in [1.29, 1.82) is 0 Å². The summed E-state index contributed by atoms with van der Waals surface area (Å²) in [7, 11) is 1.72. The Balaban J connectivity index is 1.34. The molecule has 168 valence electrons. The highest BCUT2D eigenvalue weighted by molar-refractivity contribution is 5.69. The number of hydrogen-bond donors (Lipinski definition) is 1. The summed E-state index contributed by atoms with van der Waals surface area (Å²) in [6, 6.07) is 19.0. The summed E-state index contributed by atoms with van der Waals surface area (Å²) in [4.78, 5) is 10.4. The SMILES string of the molecule is COc1ccc(C)c2c1N[C@@H](c1ccc(OCc3ccc([N+](=O)[O-])cc3)cc1)[C@H]1CC=C[C@@H]21. The molecule has 1 aliphatic heterocycles. The largest absolute Gasteiger partial charge is 0.495 e. The van der Waals surface area contributed by atoms with Crippen LogP contribution in [0, 0.1) is 23.0 Å². The number of hydrogen-bond acceptors (Lipinski definition) is 5. The number of aryl methyl sites for hydroxylation is 1. The van der Waals surface area contributed by atoms with Crippen molar-refractivity contribution >= 4 is 11.4 Å². The average molecular weight is 443 g/mol. The van der Waals surface area contributed by atoms with E-state index < -0.39 is 4.92 Å². The average Bonchev–Trinajstić information content (AvgIpc) is 3.33. The van der Waals surface area contributed by atoms with Gasteiger partial charge in [0.05, 0.1) is 23.8 Å². The molecule has 0 radical (unpaired) electrons. The summed E-state index contributed by atoms with van der Waals surface area (Å²) in [5.41, 5.74) is 5.90. The first-order valence-corrected chi connectivity index (χ1v) is 11.1. The number of anilines is 1. The molecule has 2 aliphatic rings. The molecule has 5 rings (SSSR count). The molecule has 1 heterocycles. The third kappa shape index (κ3) is 3.93. The van der Waals surface area contributed by atoms with E-state index in [-0.39, 0.29) is 11.7 Å². The molecule has 0 bridgehead atoms. The molecule has 6 heteroatoms. The molecule has 0 unspecified atom stereocenters. The number of allylic oxidation sites excluding steroid dienone is 2. The third-order valence-electron chi connectivity index (χ3n) is 6.71. The molecular formula is C27H26N2O4. The van der Waals surface area contributed by atoms with Crippen LogP contribution in [0.5, 0.6) is 11.5 Å². The van der Waals surface area contributed by atoms with Gasteiger partial charge in [-0.3, -0.25) is 10.1 Å². The number of fused-ring (bicyclic) bond motifs is 3. The standard InChI is InChI=1S/C27H26N2O4/c1-17-6-15-24(32-2)27-25(17)22-4-3-5-23(22)26(28-27)19-9-13-21(14-10-19)33-16-18-7-11-20(12-8-18)29(30)31/h3-4,6-15,22-23,26,28H,5,16H2,1-2H3/t22-,23+,26+/m1/s1. The zero-order chi connectivity index (χ0) is 22.9. The van der Waals surface area contributed by atoms with Gasteiger partial charge < -0.3 is 14.8 Å². The summed E-state index contributed by atoms with van der Waals surface area (Å²) < 4.78 is 11.6. The number of nitrogens with zero attached hydrogens (tertiary/aromatic N) is 1. The first kappa shape index (κ1) is 21.1. The van der Waals surface area contributed by atoms with Crippen molar-refractivity contribution in [2.45, 2.75) is 31.9 Å². The van der Waals surface area contributed by atoms with Gasteiger partial charge in [-0.15, -0.1) is 0 Å². The Hall–Kier alpha value is -3.80. The molecule has 1 N–H and O–H groups in total. The zero-order valence-electron chi connectivity index (χ0n) is 18.7. The van der Waals surface area contributed by atoms with Crippen LogP contribution in [0.15, 0.2) is 72.8 Å². The highest BCUT2D eigenvalue weighted by atomic mass is 16.6. The van der Waals surface area contributed by atoms with Gasteiger partial charge in [0.15, 0.2) is 0 Å². The fourth-order valence-electron chi connectivity index (χ4n) is 5.02. The van der Waals surface area contributed by atoms with Crippen LogP contribution in [0.2, 0.25) is 0 Å². The molecule has 0 fully saturated rings. The molecule has 3 aromatic carbocycles. The molecule has 0 amide bonds. The normalized spacial score (nSPS) is 20.5. The van der Waals surface area contributed by atoms with Crippen LogP contribution in [0.25, 0.3) is 0 Å². The van der Waals surface area contributed by atoms with E-state index >= 15 is 0 Å². The summed E-state index contributed by atoms with van der Waals surface area (Å²) in [5, 5.41) is 14.6. The Morgan fingerprint density at radius 1 is 1.06 bits per heavy atom. The quantitative estimate of drug-likeness (QED) is 0.275. The number of methoxy groups -OCH3 is 1. The van der Waals surface area contributed by atoms with Gasteiger partial charge in [0.1, 0.15) is 18.1 Å². The van der Waals surface area contributed by atoms with E-state index in [0.717, 1.165) is 29.2 Å². The van der Waals surface area contributed by atoms with E-state index in [1.54, 1.807) is 19.2 Å².